The molecule has 1 atom stereocenters. The fourth-order valence-corrected chi connectivity index (χ4v) is 2.26. The standard InChI is InChI=1S/C13H13N3OS/c14-6-11(10-4-2-1-3-5-10)7-15-8-12-9-18-13(17)16-12/h1-5,9,11,15H,7-8H2,(H,16,17). The van der Waals surface area contributed by atoms with Gasteiger partial charge in [0, 0.05) is 24.2 Å². The van der Waals surface area contributed by atoms with Crippen molar-refractivity contribution in [2.24, 2.45) is 0 Å². The van der Waals surface area contributed by atoms with E-state index >= 15 is 0 Å². The van der Waals surface area contributed by atoms with Crippen molar-refractivity contribution in [3.63, 3.8) is 0 Å². The summed E-state index contributed by atoms with van der Waals surface area (Å²) in [7, 11) is 0. The van der Waals surface area contributed by atoms with Crippen molar-refractivity contribution in [2.75, 3.05) is 6.54 Å². The summed E-state index contributed by atoms with van der Waals surface area (Å²) in [5.41, 5.74) is 1.86. The van der Waals surface area contributed by atoms with Crippen molar-refractivity contribution in [2.45, 2.75) is 12.5 Å². The van der Waals surface area contributed by atoms with Crippen LogP contribution in [0.2, 0.25) is 0 Å². The summed E-state index contributed by atoms with van der Waals surface area (Å²) < 4.78 is 0. The molecule has 1 unspecified atom stereocenters. The summed E-state index contributed by atoms with van der Waals surface area (Å²) in [6.45, 7) is 1.14. The van der Waals surface area contributed by atoms with E-state index in [1.54, 1.807) is 5.38 Å². The highest BCUT2D eigenvalue weighted by atomic mass is 32.1. The van der Waals surface area contributed by atoms with Gasteiger partial charge in [-0.15, -0.1) is 0 Å². The first-order chi connectivity index (χ1) is 8.79. The van der Waals surface area contributed by atoms with Gasteiger partial charge in [0.25, 0.3) is 0 Å². The molecule has 4 nitrogen and oxygen atoms in total. The van der Waals surface area contributed by atoms with E-state index in [1.807, 2.05) is 30.3 Å². The van der Waals surface area contributed by atoms with Gasteiger partial charge in [0.1, 0.15) is 0 Å². The molecule has 1 aromatic heterocycles. The van der Waals surface area contributed by atoms with Crippen LogP contribution in [0.5, 0.6) is 0 Å². The molecule has 5 heteroatoms. The molecule has 1 heterocycles. The Kier molecular flexibility index (Phi) is 4.29. The van der Waals surface area contributed by atoms with Gasteiger partial charge in [-0.05, 0) is 5.56 Å². The Bertz CT molecular complexity index is 582. The zero-order valence-corrected chi connectivity index (χ0v) is 10.5. The smallest absolute Gasteiger partial charge is 0.304 e. The predicted octanol–water partition coefficient (Wildman–Crippen LogP) is 1.83. The van der Waals surface area contributed by atoms with Crippen molar-refractivity contribution in [1.82, 2.24) is 10.3 Å². The topological polar surface area (TPSA) is 68.7 Å². The molecule has 92 valence electrons. The van der Waals surface area contributed by atoms with Crippen LogP contribution in [0, 0.1) is 11.3 Å². The van der Waals surface area contributed by atoms with Crippen molar-refractivity contribution < 1.29 is 0 Å². The second-order valence-corrected chi connectivity index (χ2v) is 4.74. The van der Waals surface area contributed by atoms with Gasteiger partial charge in [0.05, 0.1) is 12.0 Å². The lowest BCUT2D eigenvalue weighted by atomic mass is 10.0. The Morgan fingerprint density at radius 1 is 1.39 bits per heavy atom. The lowest BCUT2D eigenvalue weighted by molar-refractivity contribution is 0.644. The number of nitrogens with zero attached hydrogens (tertiary/aromatic N) is 1. The van der Waals surface area contributed by atoms with Crippen LogP contribution in [0.3, 0.4) is 0 Å². The van der Waals surface area contributed by atoms with E-state index in [9.17, 15) is 4.79 Å². The maximum absolute atomic E-state index is 10.9. The van der Waals surface area contributed by atoms with Gasteiger partial charge >= 0.3 is 4.87 Å². The zero-order chi connectivity index (χ0) is 12.8. The lowest BCUT2D eigenvalue weighted by Crippen LogP contribution is -2.21. The molecule has 0 bridgehead atoms. The van der Waals surface area contributed by atoms with Crippen LogP contribution in [0.4, 0.5) is 0 Å². The summed E-state index contributed by atoms with van der Waals surface area (Å²) in [5.74, 6) is -0.170. The van der Waals surface area contributed by atoms with E-state index in [0.717, 1.165) is 22.6 Å². The van der Waals surface area contributed by atoms with Gasteiger partial charge in [-0.3, -0.25) is 4.79 Å². The van der Waals surface area contributed by atoms with E-state index in [-0.39, 0.29) is 10.8 Å². The quantitative estimate of drug-likeness (QED) is 0.860. The molecular formula is C13H13N3OS. The number of benzene rings is 1. The number of hydrogen-bond donors (Lipinski definition) is 2. The van der Waals surface area contributed by atoms with Gasteiger partial charge in [0.2, 0.25) is 0 Å². The highest BCUT2D eigenvalue weighted by Gasteiger charge is 2.09. The number of aromatic amines is 1. The third-order valence-corrected chi connectivity index (χ3v) is 3.31. The zero-order valence-electron chi connectivity index (χ0n) is 9.72. The van der Waals surface area contributed by atoms with Crippen molar-refractivity contribution in [1.29, 1.82) is 5.26 Å². The summed E-state index contributed by atoms with van der Waals surface area (Å²) in [4.78, 5) is 13.6. The number of nitriles is 1. The number of H-pyrrole nitrogens is 1. The largest absolute Gasteiger partial charge is 0.315 e. The van der Waals surface area contributed by atoms with E-state index in [4.69, 9.17) is 5.26 Å². The second-order valence-electron chi connectivity index (χ2n) is 3.90. The third kappa shape index (κ3) is 3.29. The molecule has 0 fully saturated rings. The average molecular weight is 259 g/mol. The van der Waals surface area contributed by atoms with Gasteiger partial charge in [0.15, 0.2) is 0 Å². The minimum absolute atomic E-state index is 0.0494. The molecule has 0 aliphatic carbocycles. The predicted molar refractivity (Wildman–Crippen MR) is 71.4 cm³/mol. The van der Waals surface area contributed by atoms with Gasteiger partial charge in [-0.2, -0.15) is 5.26 Å². The molecule has 0 amide bonds. The average Bonchev–Trinajstić information content (AvgIpc) is 2.81. The van der Waals surface area contributed by atoms with Gasteiger partial charge < -0.3 is 10.3 Å². The van der Waals surface area contributed by atoms with Crippen molar-refractivity contribution >= 4 is 11.3 Å². The van der Waals surface area contributed by atoms with Crippen molar-refractivity contribution in [3.8, 4) is 6.07 Å². The Labute approximate surface area is 109 Å². The highest BCUT2D eigenvalue weighted by Crippen LogP contribution is 2.13. The van der Waals surface area contributed by atoms with Crippen LogP contribution in [0.25, 0.3) is 0 Å². The molecular weight excluding hydrogens is 246 g/mol. The molecule has 2 aromatic rings. The van der Waals surface area contributed by atoms with Crippen LogP contribution in [0.1, 0.15) is 17.2 Å². The fraction of sp³-hybridized carbons (Fsp3) is 0.231. The molecule has 0 aliphatic rings. The Morgan fingerprint density at radius 3 is 2.78 bits per heavy atom. The first-order valence-electron chi connectivity index (χ1n) is 5.61. The molecule has 18 heavy (non-hydrogen) atoms. The summed E-state index contributed by atoms with van der Waals surface area (Å²) in [6.07, 6.45) is 0. The second kappa shape index (κ2) is 6.15. The molecule has 1 aromatic carbocycles. The number of thiazole rings is 1. The fourth-order valence-electron chi connectivity index (χ4n) is 1.68. The maximum atomic E-state index is 10.9. The maximum Gasteiger partial charge on any atom is 0.304 e. The number of nitrogens with one attached hydrogen (secondary N) is 2. The van der Waals surface area contributed by atoms with Crippen LogP contribution < -0.4 is 10.2 Å². The minimum atomic E-state index is -0.170. The van der Waals surface area contributed by atoms with E-state index in [0.29, 0.717) is 13.1 Å². The Balaban J connectivity index is 1.89. The van der Waals surface area contributed by atoms with Gasteiger partial charge in [-0.25, -0.2) is 0 Å². The summed E-state index contributed by atoms with van der Waals surface area (Å²) in [6, 6.07) is 12.0. The number of rotatable bonds is 5. The third-order valence-electron chi connectivity index (χ3n) is 2.59. The molecule has 2 rings (SSSR count). The Hall–Kier alpha value is -1.90. The summed E-state index contributed by atoms with van der Waals surface area (Å²) in [5, 5.41) is 14.1. The minimum Gasteiger partial charge on any atom is -0.315 e. The highest BCUT2D eigenvalue weighted by molar-refractivity contribution is 7.07. The monoisotopic (exact) mass is 259 g/mol. The first kappa shape index (κ1) is 12.6. The molecule has 0 spiro atoms. The number of aromatic nitrogens is 1. The van der Waals surface area contributed by atoms with E-state index < -0.39 is 0 Å². The van der Waals surface area contributed by atoms with Crippen LogP contribution in [-0.4, -0.2) is 11.5 Å². The van der Waals surface area contributed by atoms with Crippen LogP contribution in [0.15, 0.2) is 40.5 Å². The van der Waals surface area contributed by atoms with E-state index in [2.05, 4.69) is 16.4 Å². The lowest BCUT2D eigenvalue weighted by Gasteiger charge is -2.09. The van der Waals surface area contributed by atoms with Crippen molar-refractivity contribution in [3.05, 3.63) is 56.6 Å². The van der Waals surface area contributed by atoms with E-state index in [1.165, 1.54) is 0 Å². The SMILES string of the molecule is N#CC(CNCc1csc(=O)[nH]1)c1ccccc1. The van der Waals surface area contributed by atoms with Crippen LogP contribution >= 0.6 is 11.3 Å². The molecule has 2 N–H and O–H groups in total. The molecule has 0 saturated heterocycles. The molecule has 0 radical (unpaired) electrons. The summed E-state index contributed by atoms with van der Waals surface area (Å²) >= 11 is 1.15. The molecule has 0 saturated carbocycles. The molecule has 0 aliphatic heterocycles. The number of hydrogen-bond acceptors (Lipinski definition) is 4. The Morgan fingerprint density at radius 2 is 2.17 bits per heavy atom. The normalized spacial score (nSPS) is 11.9. The van der Waals surface area contributed by atoms with Crippen LogP contribution in [-0.2, 0) is 6.54 Å². The van der Waals surface area contributed by atoms with Gasteiger partial charge in [-0.1, -0.05) is 41.7 Å². The first-order valence-corrected chi connectivity index (χ1v) is 6.49.